The maximum absolute atomic E-state index is 12.4. The fourth-order valence-corrected chi connectivity index (χ4v) is 3.26. The zero-order chi connectivity index (χ0) is 29.9. The Morgan fingerprint density at radius 1 is 0.775 bits per heavy atom. The number of unbranched alkanes of at least 4 members (excludes halogenated alkanes) is 4. The van der Waals surface area contributed by atoms with E-state index in [1.54, 1.807) is 19.9 Å². The van der Waals surface area contributed by atoms with E-state index < -0.39 is 30.4 Å². The summed E-state index contributed by atoms with van der Waals surface area (Å²) in [5, 5.41) is 0. The Kier molecular flexibility index (Phi) is 17.1. The van der Waals surface area contributed by atoms with Gasteiger partial charge < -0.3 is 34.2 Å². The van der Waals surface area contributed by atoms with Crippen molar-refractivity contribution in [2.45, 2.75) is 98.1 Å². The molecule has 1 aromatic carbocycles. The van der Waals surface area contributed by atoms with Crippen LogP contribution in [-0.2, 0) is 35.0 Å². The van der Waals surface area contributed by atoms with E-state index in [4.69, 9.17) is 34.2 Å². The topological polar surface area (TPSA) is 150 Å². The number of rotatable bonds is 18. The third-order valence-electron chi connectivity index (χ3n) is 5.88. The van der Waals surface area contributed by atoms with Crippen LogP contribution < -0.4 is 15.2 Å². The molecule has 1 rings (SSSR count). The second-order valence-electron chi connectivity index (χ2n) is 9.59. The van der Waals surface area contributed by atoms with E-state index in [9.17, 15) is 19.2 Å². The Balaban J connectivity index is 2.83. The molecule has 0 aromatic heterocycles. The molecule has 0 saturated heterocycles. The minimum atomic E-state index is -1.05. The van der Waals surface area contributed by atoms with E-state index in [1.165, 1.54) is 12.1 Å². The molecule has 0 heterocycles. The summed E-state index contributed by atoms with van der Waals surface area (Å²) in [5.41, 5.74) is 6.54. The first kappa shape index (κ1) is 34.7. The molecule has 0 aliphatic carbocycles. The van der Waals surface area contributed by atoms with Crippen LogP contribution in [0.2, 0.25) is 0 Å². The molecule has 40 heavy (non-hydrogen) atoms. The monoisotopic (exact) mass is 567 g/mol. The molecule has 0 saturated carbocycles. The van der Waals surface area contributed by atoms with Crippen molar-refractivity contribution < 1.29 is 47.6 Å². The number of nitrogens with two attached hydrogens (primary N) is 1. The summed E-state index contributed by atoms with van der Waals surface area (Å²) in [4.78, 5) is 48.7. The molecule has 0 amide bonds. The molecule has 11 nitrogen and oxygen atoms in total. The number of esters is 2. The Labute approximate surface area is 236 Å². The molecule has 226 valence electrons. The Hall–Kier alpha value is -3.34. The van der Waals surface area contributed by atoms with Gasteiger partial charge in [-0.1, -0.05) is 59.4 Å². The molecule has 2 N–H and O–H groups in total. The molecule has 0 aliphatic rings. The van der Waals surface area contributed by atoms with Gasteiger partial charge >= 0.3 is 24.2 Å². The van der Waals surface area contributed by atoms with Crippen molar-refractivity contribution in [3.63, 3.8) is 0 Å². The average molecular weight is 568 g/mol. The highest BCUT2D eigenvalue weighted by Crippen LogP contribution is 2.30. The van der Waals surface area contributed by atoms with Crippen molar-refractivity contribution in [2.24, 2.45) is 11.7 Å². The molecular weight excluding hydrogens is 522 g/mol. The normalized spacial score (nSPS) is 12.9. The van der Waals surface area contributed by atoms with Gasteiger partial charge in [0.15, 0.2) is 11.5 Å². The molecule has 0 spiro atoms. The van der Waals surface area contributed by atoms with Crippen LogP contribution >= 0.6 is 0 Å². The van der Waals surface area contributed by atoms with Gasteiger partial charge in [-0.25, -0.2) is 9.59 Å². The third-order valence-corrected chi connectivity index (χ3v) is 5.88. The number of hydrogen-bond donors (Lipinski definition) is 1. The lowest BCUT2D eigenvalue weighted by Crippen LogP contribution is -2.36. The van der Waals surface area contributed by atoms with E-state index in [0.717, 1.165) is 25.7 Å². The van der Waals surface area contributed by atoms with E-state index >= 15 is 0 Å². The summed E-state index contributed by atoms with van der Waals surface area (Å²) in [7, 11) is 0. The molecule has 0 aliphatic heterocycles. The molecule has 1 aromatic rings. The molecular formula is C29H45NO10. The van der Waals surface area contributed by atoms with Crippen molar-refractivity contribution in [3.8, 4) is 11.5 Å². The zero-order valence-electron chi connectivity index (χ0n) is 24.4. The van der Waals surface area contributed by atoms with Crippen molar-refractivity contribution in [2.75, 3.05) is 19.8 Å². The van der Waals surface area contributed by atoms with Crippen LogP contribution in [-0.4, -0.2) is 56.2 Å². The molecule has 1 unspecified atom stereocenters. The van der Waals surface area contributed by atoms with Crippen LogP contribution in [0.1, 0.15) is 85.1 Å². The number of carbonyl (C=O) groups excluding carboxylic acids is 4. The minimum absolute atomic E-state index is 0.0313. The van der Waals surface area contributed by atoms with Crippen LogP contribution in [0.5, 0.6) is 11.5 Å². The van der Waals surface area contributed by atoms with Crippen molar-refractivity contribution >= 4 is 24.2 Å². The lowest BCUT2D eigenvalue weighted by Gasteiger charge is -2.18. The number of ether oxygens (including phenoxy) is 6. The van der Waals surface area contributed by atoms with Crippen molar-refractivity contribution in [1.82, 2.24) is 0 Å². The van der Waals surface area contributed by atoms with Crippen LogP contribution in [0.15, 0.2) is 18.2 Å². The summed E-state index contributed by atoms with van der Waals surface area (Å²) in [6, 6.07) is 3.36. The average Bonchev–Trinajstić information content (AvgIpc) is 2.92. The molecule has 11 heteroatoms. The SMILES string of the molecule is CCCCCOC(=O)Oc1ccc(C[C@H](N)C(=O)OC[C@H](C)OC(=O)C(C)CC)cc1OC(=O)OCCCCC. The minimum Gasteiger partial charge on any atom is -0.461 e. The fraction of sp³-hybridized carbons (Fsp3) is 0.655. The summed E-state index contributed by atoms with van der Waals surface area (Å²) < 4.78 is 31.2. The second-order valence-corrected chi connectivity index (χ2v) is 9.59. The highest BCUT2D eigenvalue weighted by atomic mass is 16.7. The number of benzene rings is 1. The van der Waals surface area contributed by atoms with Gasteiger partial charge in [0.2, 0.25) is 0 Å². The summed E-state index contributed by atoms with van der Waals surface area (Å²) in [5.74, 6) is -1.45. The molecule has 0 radical (unpaired) electrons. The number of carbonyl (C=O) groups is 4. The second kappa shape index (κ2) is 19.7. The first-order chi connectivity index (χ1) is 19.1. The van der Waals surface area contributed by atoms with Crippen LogP contribution in [0.3, 0.4) is 0 Å². The zero-order valence-corrected chi connectivity index (χ0v) is 24.4. The third kappa shape index (κ3) is 14.2. The smallest absolute Gasteiger partial charge is 0.461 e. The molecule has 0 bridgehead atoms. The van der Waals surface area contributed by atoms with E-state index in [0.29, 0.717) is 24.8 Å². The maximum atomic E-state index is 12.4. The van der Waals surface area contributed by atoms with E-state index in [1.807, 2.05) is 20.8 Å². The van der Waals surface area contributed by atoms with Crippen LogP contribution in [0, 0.1) is 5.92 Å². The molecule has 0 fully saturated rings. The van der Waals surface area contributed by atoms with E-state index in [2.05, 4.69) is 0 Å². The first-order valence-corrected chi connectivity index (χ1v) is 14.1. The van der Waals surface area contributed by atoms with Gasteiger partial charge in [-0.2, -0.15) is 0 Å². The standard InChI is InChI=1S/C29H45NO10/c1-6-9-11-15-35-28(33)39-24-14-13-22(18-25(24)40-29(34)36-16-12-10-7-2)17-23(30)27(32)37-19-21(5)38-26(31)20(4)8-3/h13-14,18,20-21,23H,6-12,15-17,19,30H2,1-5H3/t20?,21-,23-/m0/s1. The summed E-state index contributed by atoms with van der Waals surface area (Å²) in [6.45, 7) is 9.56. The Morgan fingerprint density at radius 3 is 1.90 bits per heavy atom. The van der Waals surface area contributed by atoms with Crippen LogP contribution in [0.4, 0.5) is 9.59 Å². The predicted molar refractivity (Wildman–Crippen MR) is 147 cm³/mol. The summed E-state index contributed by atoms with van der Waals surface area (Å²) in [6.07, 6.45) is 3.27. The van der Waals surface area contributed by atoms with Gasteiger partial charge in [0, 0.05) is 0 Å². The van der Waals surface area contributed by atoms with Gasteiger partial charge in [-0.15, -0.1) is 0 Å². The maximum Gasteiger partial charge on any atom is 0.513 e. The lowest BCUT2D eigenvalue weighted by atomic mass is 10.1. The Bertz CT molecular complexity index is 935. The lowest BCUT2D eigenvalue weighted by molar-refractivity contribution is -0.161. The van der Waals surface area contributed by atoms with Gasteiger partial charge in [-0.05, 0) is 50.3 Å². The van der Waals surface area contributed by atoms with Crippen molar-refractivity contribution in [1.29, 1.82) is 0 Å². The quantitative estimate of drug-likeness (QED) is 0.104. The van der Waals surface area contributed by atoms with E-state index in [-0.39, 0.29) is 49.6 Å². The first-order valence-electron chi connectivity index (χ1n) is 14.1. The Morgan fingerprint density at radius 2 is 1.35 bits per heavy atom. The highest BCUT2D eigenvalue weighted by Gasteiger charge is 2.22. The molecule has 3 atom stereocenters. The highest BCUT2D eigenvalue weighted by molar-refractivity contribution is 5.76. The van der Waals surface area contributed by atoms with Gasteiger partial charge in [0.25, 0.3) is 0 Å². The van der Waals surface area contributed by atoms with Gasteiger partial charge in [-0.3, -0.25) is 9.59 Å². The van der Waals surface area contributed by atoms with Crippen molar-refractivity contribution in [3.05, 3.63) is 23.8 Å². The number of hydrogen-bond acceptors (Lipinski definition) is 11. The summed E-state index contributed by atoms with van der Waals surface area (Å²) >= 11 is 0. The van der Waals surface area contributed by atoms with Gasteiger partial charge in [0.1, 0.15) is 18.8 Å². The largest absolute Gasteiger partial charge is 0.513 e. The fourth-order valence-electron chi connectivity index (χ4n) is 3.26. The predicted octanol–water partition coefficient (Wildman–Crippen LogP) is 5.49. The van der Waals surface area contributed by atoms with Crippen LogP contribution in [0.25, 0.3) is 0 Å². The van der Waals surface area contributed by atoms with Gasteiger partial charge in [0.05, 0.1) is 19.1 Å².